The van der Waals surface area contributed by atoms with Crippen molar-refractivity contribution in [3.8, 4) is 0 Å². The molecular weight excluding hydrogens is 194 g/mol. The first-order chi connectivity index (χ1) is 5.89. The van der Waals surface area contributed by atoms with Crippen LogP contribution in [0.2, 0.25) is 0 Å². The van der Waals surface area contributed by atoms with Crippen molar-refractivity contribution in [1.82, 2.24) is 9.46 Å². The minimum Gasteiger partial charge on any atom is -0.361 e. The van der Waals surface area contributed by atoms with Gasteiger partial charge in [0, 0.05) is 13.1 Å². The highest BCUT2D eigenvalue weighted by Gasteiger charge is 2.13. The predicted octanol–water partition coefficient (Wildman–Crippen LogP) is -0.382. The van der Waals surface area contributed by atoms with E-state index >= 15 is 0 Å². The number of hydrogen-bond acceptors (Lipinski definition) is 4. The van der Waals surface area contributed by atoms with Crippen LogP contribution in [-0.4, -0.2) is 24.9 Å². The zero-order valence-corrected chi connectivity index (χ0v) is 8.21. The Morgan fingerprint density at radius 3 is 2.69 bits per heavy atom. The third-order valence-corrected chi connectivity index (χ3v) is 2.49. The Bertz CT molecular complexity index is 384. The lowest BCUT2D eigenvalue weighted by atomic mass is 10.4. The molecule has 0 aromatic carbocycles. The molecule has 0 aliphatic heterocycles. The molecule has 6 nitrogen and oxygen atoms in total. The molecule has 0 radical (unpaired) electrons. The van der Waals surface area contributed by atoms with Crippen LogP contribution < -0.4 is 5.14 Å². The van der Waals surface area contributed by atoms with Crippen LogP contribution in [0.1, 0.15) is 11.5 Å². The average molecular weight is 205 g/mol. The van der Waals surface area contributed by atoms with Crippen molar-refractivity contribution in [2.45, 2.75) is 13.5 Å². The Kier molecular flexibility index (Phi) is 2.69. The SMILES string of the molecule is Cc1cc(CN(C)S(N)(=O)=O)no1. The molecule has 0 unspecified atom stereocenters. The van der Waals surface area contributed by atoms with Gasteiger partial charge < -0.3 is 4.52 Å². The van der Waals surface area contributed by atoms with Crippen molar-refractivity contribution in [2.24, 2.45) is 5.14 Å². The fourth-order valence-electron chi connectivity index (χ4n) is 0.811. The van der Waals surface area contributed by atoms with Gasteiger partial charge in [0.25, 0.3) is 10.2 Å². The molecular formula is C6H11N3O3S. The average Bonchev–Trinajstić information content (AvgIpc) is 2.33. The van der Waals surface area contributed by atoms with Gasteiger partial charge in [-0.2, -0.15) is 12.7 Å². The van der Waals surface area contributed by atoms with Crippen LogP contribution in [0.5, 0.6) is 0 Å². The van der Waals surface area contributed by atoms with Crippen LogP contribution in [0.3, 0.4) is 0 Å². The van der Waals surface area contributed by atoms with E-state index in [0.29, 0.717) is 11.5 Å². The number of rotatable bonds is 3. The summed E-state index contributed by atoms with van der Waals surface area (Å²) in [5, 5.41) is 8.51. The molecule has 0 spiro atoms. The molecule has 2 N–H and O–H groups in total. The molecule has 1 aromatic rings. The fraction of sp³-hybridized carbons (Fsp3) is 0.500. The second-order valence-corrected chi connectivity index (χ2v) is 4.38. The lowest BCUT2D eigenvalue weighted by Gasteiger charge is -2.10. The maximum absolute atomic E-state index is 10.8. The van der Waals surface area contributed by atoms with Crippen molar-refractivity contribution in [3.63, 3.8) is 0 Å². The molecule has 1 heterocycles. The van der Waals surface area contributed by atoms with E-state index < -0.39 is 10.2 Å². The molecule has 13 heavy (non-hydrogen) atoms. The van der Waals surface area contributed by atoms with Gasteiger partial charge in [0.05, 0.1) is 12.2 Å². The first-order valence-corrected chi connectivity index (χ1v) is 5.06. The molecule has 7 heteroatoms. The summed E-state index contributed by atoms with van der Waals surface area (Å²) in [6, 6.07) is 1.65. The van der Waals surface area contributed by atoms with Crippen LogP contribution in [0, 0.1) is 6.92 Å². The van der Waals surface area contributed by atoms with Crippen LogP contribution in [0.4, 0.5) is 0 Å². The number of nitrogens with two attached hydrogens (primary N) is 1. The Labute approximate surface area is 76.5 Å². The summed E-state index contributed by atoms with van der Waals surface area (Å²) >= 11 is 0. The van der Waals surface area contributed by atoms with Gasteiger partial charge in [-0.3, -0.25) is 0 Å². The Morgan fingerprint density at radius 1 is 1.69 bits per heavy atom. The van der Waals surface area contributed by atoms with Crippen LogP contribution in [0.15, 0.2) is 10.6 Å². The van der Waals surface area contributed by atoms with Gasteiger partial charge >= 0.3 is 0 Å². The van der Waals surface area contributed by atoms with Crippen LogP contribution >= 0.6 is 0 Å². The largest absolute Gasteiger partial charge is 0.361 e. The lowest BCUT2D eigenvalue weighted by molar-refractivity contribution is 0.378. The zero-order valence-electron chi connectivity index (χ0n) is 7.39. The lowest BCUT2D eigenvalue weighted by Crippen LogP contribution is -2.32. The van der Waals surface area contributed by atoms with E-state index in [-0.39, 0.29) is 6.54 Å². The summed E-state index contributed by atoms with van der Waals surface area (Å²) < 4.78 is 27.3. The summed E-state index contributed by atoms with van der Waals surface area (Å²) in [6.07, 6.45) is 0. The Balaban J connectivity index is 2.71. The van der Waals surface area contributed by atoms with E-state index in [9.17, 15) is 8.42 Å². The molecule has 0 saturated carbocycles. The highest BCUT2D eigenvalue weighted by Crippen LogP contribution is 2.05. The van der Waals surface area contributed by atoms with Gasteiger partial charge in [0.1, 0.15) is 5.76 Å². The number of hydrogen-bond donors (Lipinski definition) is 1. The molecule has 0 aliphatic rings. The Hall–Kier alpha value is -0.920. The van der Waals surface area contributed by atoms with Crippen LogP contribution in [0.25, 0.3) is 0 Å². The predicted molar refractivity (Wildman–Crippen MR) is 45.8 cm³/mol. The molecule has 0 saturated heterocycles. The summed E-state index contributed by atoms with van der Waals surface area (Å²) in [5.74, 6) is 0.637. The maximum atomic E-state index is 10.8. The number of aryl methyl sites for hydroxylation is 1. The summed E-state index contributed by atoms with van der Waals surface area (Å²) in [5.41, 5.74) is 0.536. The third kappa shape index (κ3) is 2.79. The first-order valence-electron chi connectivity index (χ1n) is 3.56. The van der Waals surface area contributed by atoms with Crippen molar-refractivity contribution in [2.75, 3.05) is 7.05 Å². The normalized spacial score (nSPS) is 12.3. The monoisotopic (exact) mass is 205 g/mol. The molecule has 1 rings (SSSR count). The smallest absolute Gasteiger partial charge is 0.277 e. The molecule has 1 aromatic heterocycles. The third-order valence-electron chi connectivity index (χ3n) is 1.50. The van der Waals surface area contributed by atoms with Crippen molar-refractivity contribution >= 4 is 10.2 Å². The molecule has 0 aliphatic carbocycles. The maximum Gasteiger partial charge on any atom is 0.277 e. The minimum absolute atomic E-state index is 0.121. The standard InChI is InChI=1S/C6H11N3O3S/c1-5-3-6(8-12-5)4-9(2)13(7,10)11/h3H,4H2,1-2H3,(H2,7,10,11). The molecule has 74 valence electrons. The van der Waals surface area contributed by atoms with E-state index in [1.807, 2.05) is 0 Å². The van der Waals surface area contributed by atoms with Gasteiger partial charge in [0.15, 0.2) is 0 Å². The van der Waals surface area contributed by atoms with E-state index in [2.05, 4.69) is 5.16 Å². The van der Waals surface area contributed by atoms with Crippen LogP contribution in [-0.2, 0) is 16.8 Å². The first kappa shape index (κ1) is 10.2. The minimum atomic E-state index is -3.64. The summed E-state index contributed by atoms with van der Waals surface area (Å²) in [6.45, 7) is 1.85. The molecule has 0 amide bonds. The Morgan fingerprint density at radius 2 is 2.31 bits per heavy atom. The topological polar surface area (TPSA) is 89.4 Å². The highest BCUT2D eigenvalue weighted by atomic mass is 32.2. The zero-order chi connectivity index (χ0) is 10.1. The van der Waals surface area contributed by atoms with Gasteiger partial charge in [-0.05, 0) is 6.92 Å². The molecule has 0 bridgehead atoms. The van der Waals surface area contributed by atoms with Gasteiger partial charge in [-0.25, -0.2) is 5.14 Å². The van der Waals surface area contributed by atoms with Crippen molar-refractivity contribution in [3.05, 3.63) is 17.5 Å². The highest BCUT2D eigenvalue weighted by molar-refractivity contribution is 7.86. The second-order valence-electron chi connectivity index (χ2n) is 2.73. The van der Waals surface area contributed by atoms with Crippen molar-refractivity contribution in [1.29, 1.82) is 0 Å². The molecule has 0 atom stereocenters. The fourth-order valence-corrected chi connectivity index (χ4v) is 1.12. The quantitative estimate of drug-likeness (QED) is 0.728. The second kappa shape index (κ2) is 3.44. The summed E-state index contributed by atoms with van der Waals surface area (Å²) in [7, 11) is -2.27. The van der Waals surface area contributed by atoms with E-state index in [1.54, 1.807) is 13.0 Å². The van der Waals surface area contributed by atoms with Crippen molar-refractivity contribution < 1.29 is 12.9 Å². The van der Waals surface area contributed by atoms with E-state index in [0.717, 1.165) is 4.31 Å². The van der Waals surface area contributed by atoms with Gasteiger partial charge in [-0.1, -0.05) is 5.16 Å². The molecule has 0 fully saturated rings. The number of nitrogens with zero attached hydrogens (tertiary/aromatic N) is 2. The van der Waals surface area contributed by atoms with Gasteiger partial charge in [-0.15, -0.1) is 0 Å². The number of aromatic nitrogens is 1. The van der Waals surface area contributed by atoms with E-state index in [4.69, 9.17) is 9.66 Å². The summed E-state index contributed by atoms with van der Waals surface area (Å²) in [4.78, 5) is 0. The van der Waals surface area contributed by atoms with Gasteiger partial charge in [0.2, 0.25) is 0 Å². The van der Waals surface area contributed by atoms with E-state index in [1.165, 1.54) is 7.05 Å².